The molecule has 1 heterocycles. The van der Waals surface area contributed by atoms with Gasteiger partial charge in [-0.3, -0.25) is 4.90 Å². The highest BCUT2D eigenvalue weighted by Gasteiger charge is 2.13. The number of nitrogens with two attached hydrogens (primary N) is 1. The summed E-state index contributed by atoms with van der Waals surface area (Å²) in [5.41, 5.74) is 2.54. The zero-order valence-corrected chi connectivity index (χ0v) is 13.2. The Balaban J connectivity index is 2.61. The van der Waals surface area contributed by atoms with Crippen LogP contribution < -0.4 is 16.0 Å². The van der Waals surface area contributed by atoms with Gasteiger partial charge in [-0.2, -0.15) is 4.98 Å². The van der Waals surface area contributed by atoms with Gasteiger partial charge in [0.2, 0.25) is 5.88 Å². The third-order valence-corrected chi connectivity index (χ3v) is 3.14. The normalized spacial score (nSPS) is 11.4. The lowest BCUT2D eigenvalue weighted by Gasteiger charge is -2.30. The van der Waals surface area contributed by atoms with E-state index in [1.165, 1.54) is 0 Å². The van der Waals surface area contributed by atoms with Crippen molar-refractivity contribution in [3.05, 3.63) is 11.9 Å². The first kappa shape index (κ1) is 16.7. The molecule has 20 heavy (non-hydrogen) atoms. The summed E-state index contributed by atoms with van der Waals surface area (Å²) in [5.74, 6) is 7.26. The summed E-state index contributed by atoms with van der Waals surface area (Å²) >= 11 is 0. The molecular formula is C14H27N5O. The predicted molar refractivity (Wildman–Crippen MR) is 81.7 cm³/mol. The van der Waals surface area contributed by atoms with E-state index in [9.17, 15) is 0 Å². The number of hydrogen-bond acceptors (Lipinski definition) is 6. The number of rotatable bonds is 8. The molecule has 0 aliphatic rings. The molecule has 0 aromatic carbocycles. The molecule has 114 valence electrons. The minimum absolute atomic E-state index is 0.497. The molecule has 1 aromatic heterocycles. The van der Waals surface area contributed by atoms with Crippen molar-refractivity contribution in [2.75, 3.05) is 18.6 Å². The highest BCUT2D eigenvalue weighted by atomic mass is 16.5. The summed E-state index contributed by atoms with van der Waals surface area (Å²) in [6, 6.07) is 2.71. The van der Waals surface area contributed by atoms with E-state index in [4.69, 9.17) is 10.6 Å². The molecule has 0 saturated heterocycles. The van der Waals surface area contributed by atoms with Crippen LogP contribution in [0.15, 0.2) is 6.07 Å². The lowest BCUT2D eigenvalue weighted by Crippen LogP contribution is -2.39. The second kappa shape index (κ2) is 8.01. The van der Waals surface area contributed by atoms with E-state index in [1.54, 1.807) is 6.07 Å². The zero-order valence-electron chi connectivity index (χ0n) is 13.2. The first-order chi connectivity index (χ1) is 9.47. The summed E-state index contributed by atoms with van der Waals surface area (Å²) in [5, 5.41) is 0. The second-order valence-electron chi connectivity index (χ2n) is 5.28. The molecule has 1 aromatic rings. The third kappa shape index (κ3) is 4.94. The molecule has 3 N–H and O–H groups in total. The highest BCUT2D eigenvalue weighted by molar-refractivity contribution is 5.36. The minimum atomic E-state index is 0.497. The van der Waals surface area contributed by atoms with Gasteiger partial charge in [0.15, 0.2) is 0 Å². The lowest BCUT2D eigenvalue weighted by molar-refractivity contribution is 0.140. The largest absolute Gasteiger partial charge is 0.476 e. The molecule has 0 unspecified atom stereocenters. The van der Waals surface area contributed by atoms with Crippen molar-refractivity contribution in [3.63, 3.8) is 0 Å². The number of hydrogen-bond donors (Lipinski definition) is 2. The van der Waals surface area contributed by atoms with Gasteiger partial charge >= 0.3 is 0 Å². The van der Waals surface area contributed by atoms with Gasteiger partial charge < -0.3 is 10.2 Å². The van der Waals surface area contributed by atoms with E-state index >= 15 is 0 Å². The quantitative estimate of drug-likeness (QED) is 0.559. The van der Waals surface area contributed by atoms with Crippen LogP contribution in [0.25, 0.3) is 0 Å². The molecule has 0 aliphatic heterocycles. The Morgan fingerprint density at radius 1 is 1.25 bits per heavy atom. The van der Waals surface area contributed by atoms with Crippen molar-refractivity contribution in [1.82, 2.24) is 14.9 Å². The topological polar surface area (TPSA) is 76.3 Å². The van der Waals surface area contributed by atoms with Crippen molar-refractivity contribution in [1.29, 1.82) is 0 Å². The van der Waals surface area contributed by atoms with E-state index in [0.29, 0.717) is 30.4 Å². The molecule has 0 saturated carbocycles. The summed E-state index contributed by atoms with van der Waals surface area (Å²) in [7, 11) is 0. The van der Waals surface area contributed by atoms with Crippen LogP contribution in [0, 0.1) is 0 Å². The van der Waals surface area contributed by atoms with Gasteiger partial charge in [0, 0.05) is 31.1 Å². The molecule has 6 nitrogen and oxygen atoms in total. The van der Waals surface area contributed by atoms with E-state index in [0.717, 1.165) is 18.8 Å². The van der Waals surface area contributed by atoms with Crippen LogP contribution in [0.1, 0.15) is 40.4 Å². The van der Waals surface area contributed by atoms with Gasteiger partial charge in [-0.1, -0.05) is 6.92 Å². The Morgan fingerprint density at radius 3 is 2.40 bits per heavy atom. The van der Waals surface area contributed by atoms with Crippen LogP contribution in [0.5, 0.6) is 5.88 Å². The Kier molecular flexibility index (Phi) is 6.67. The number of ether oxygens (including phenoxy) is 1. The number of nitrogens with zero attached hydrogens (tertiary/aromatic N) is 3. The Bertz CT molecular complexity index is 378. The Labute approximate surface area is 121 Å². The zero-order chi connectivity index (χ0) is 15.1. The molecule has 0 aliphatic carbocycles. The van der Waals surface area contributed by atoms with Crippen molar-refractivity contribution in [3.8, 4) is 5.88 Å². The Morgan fingerprint density at radius 2 is 1.90 bits per heavy atom. The summed E-state index contributed by atoms with van der Waals surface area (Å²) in [6.45, 7) is 12.2. The maximum atomic E-state index is 5.73. The summed E-state index contributed by atoms with van der Waals surface area (Å²) < 4.78 is 5.73. The fourth-order valence-electron chi connectivity index (χ4n) is 2.15. The maximum Gasteiger partial charge on any atom is 0.218 e. The predicted octanol–water partition coefficient (Wildman–Crippen LogP) is 1.82. The number of hydrazine groups is 1. The van der Waals surface area contributed by atoms with Crippen LogP contribution in [-0.2, 0) is 6.42 Å². The van der Waals surface area contributed by atoms with Crippen molar-refractivity contribution >= 4 is 5.82 Å². The molecule has 6 heteroatoms. The van der Waals surface area contributed by atoms with Crippen LogP contribution >= 0.6 is 0 Å². The smallest absolute Gasteiger partial charge is 0.218 e. The number of anilines is 1. The molecule has 0 spiro atoms. The first-order valence-electron chi connectivity index (χ1n) is 7.21. The van der Waals surface area contributed by atoms with Crippen molar-refractivity contribution < 1.29 is 4.74 Å². The van der Waals surface area contributed by atoms with Crippen molar-refractivity contribution in [2.45, 2.75) is 53.1 Å². The molecule has 0 amide bonds. The minimum Gasteiger partial charge on any atom is -0.476 e. The fourth-order valence-corrected chi connectivity index (χ4v) is 2.15. The number of nitrogen functional groups attached to an aromatic ring is 1. The monoisotopic (exact) mass is 281 g/mol. The van der Waals surface area contributed by atoms with E-state index in [1.807, 2.05) is 6.92 Å². The van der Waals surface area contributed by atoms with Crippen LogP contribution in [0.2, 0.25) is 0 Å². The molecule has 0 atom stereocenters. The van der Waals surface area contributed by atoms with Crippen molar-refractivity contribution in [2.24, 2.45) is 5.84 Å². The maximum absolute atomic E-state index is 5.73. The Hall–Kier alpha value is -1.40. The van der Waals surface area contributed by atoms with Gasteiger partial charge in [-0.15, -0.1) is 0 Å². The first-order valence-corrected chi connectivity index (χ1v) is 7.21. The average molecular weight is 281 g/mol. The lowest BCUT2D eigenvalue weighted by atomic mass is 10.2. The second-order valence-corrected chi connectivity index (χ2v) is 5.28. The van der Waals surface area contributed by atoms with Gasteiger partial charge in [-0.25, -0.2) is 10.8 Å². The summed E-state index contributed by atoms with van der Waals surface area (Å²) in [4.78, 5) is 11.0. The van der Waals surface area contributed by atoms with E-state index in [2.05, 4.69) is 48.0 Å². The van der Waals surface area contributed by atoms with E-state index in [-0.39, 0.29) is 0 Å². The average Bonchev–Trinajstić information content (AvgIpc) is 2.42. The number of aryl methyl sites for hydroxylation is 1. The molecule has 0 fully saturated rings. The molecule has 0 bridgehead atoms. The van der Waals surface area contributed by atoms with Gasteiger partial charge in [0.05, 0.1) is 0 Å². The SMILES string of the molecule is CCc1nc(NN)cc(OCCN(C(C)C)C(C)C)n1. The molecule has 0 radical (unpaired) electrons. The van der Waals surface area contributed by atoms with Crippen LogP contribution in [0.4, 0.5) is 5.82 Å². The fraction of sp³-hybridized carbons (Fsp3) is 0.714. The van der Waals surface area contributed by atoms with Gasteiger partial charge in [0.1, 0.15) is 18.2 Å². The highest BCUT2D eigenvalue weighted by Crippen LogP contribution is 2.13. The van der Waals surface area contributed by atoms with E-state index < -0.39 is 0 Å². The van der Waals surface area contributed by atoms with Crippen LogP contribution in [-0.4, -0.2) is 40.1 Å². The molecule has 1 rings (SSSR count). The van der Waals surface area contributed by atoms with Gasteiger partial charge in [-0.05, 0) is 27.7 Å². The number of nitrogens with one attached hydrogen (secondary N) is 1. The summed E-state index contributed by atoms with van der Waals surface area (Å²) in [6.07, 6.45) is 0.746. The molecular weight excluding hydrogens is 254 g/mol. The number of aromatic nitrogens is 2. The standard InChI is InChI=1S/C14H27N5O/c1-6-12-16-13(18-15)9-14(17-12)20-8-7-19(10(2)3)11(4)5/h9-11H,6-8,15H2,1-5H3,(H,16,17,18). The third-order valence-electron chi connectivity index (χ3n) is 3.14. The van der Waals surface area contributed by atoms with Gasteiger partial charge in [0.25, 0.3) is 0 Å². The van der Waals surface area contributed by atoms with Crippen LogP contribution in [0.3, 0.4) is 0 Å².